The number of hydrogen-bond acceptors (Lipinski definition) is 8. The number of ketones is 1. The van der Waals surface area contributed by atoms with Crippen LogP contribution in [0.1, 0.15) is 15.4 Å². The SMILES string of the molecule is O=C(CN(Cc1nc(-c2ccccc2)cs1)C(=O)CN1C(=O)C(=O)c2ccccc21)Nc1ccc2c(c1)OCO2. The Morgan fingerprint density at radius 2 is 1.75 bits per heavy atom. The number of nitrogens with one attached hydrogen (secondary N) is 1. The zero-order chi connectivity index (χ0) is 27.6. The number of benzene rings is 3. The van der Waals surface area contributed by atoms with E-state index in [2.05, 4.69) is 10.3 Å². The Hall–Kier alpha value is -5.03. The van der Waals surface area contributed by atoms with Crippen molar-refractivity contribution in [2.24, 2.45) is 0 Å². The molecular weight excluding hydrogens is 532 g/mol. The summed E-state index contributed by atoms with van der Waals surface area (Å²) < 4.78 is 10.7. The van der Waals surface area contributed by atoms with Crippen LogP contribution in [0.5, 0.6) is 11.5 Å². The molecule has 0 saturated carbocycles. The molecule has 200 valence electrons. The van der Waals surface area contributed by atoms with E-state index in [1.807, 2.05) is 35.7 Å². The van der Waals surface area contributed by atoms with Crippen molar-refractivity contribution in [2.75, 3.05) is 30.1 Å². The summed E-state index contributed by atoms with van der Waals surface area (Å²) in [5, 5.41) is 5.28. The van der Waals surface area contributed by atoms with Gasteiger partial charge in [-0.15, -0.1) is 11.3 Å². The number of Topliss-reactive ketones (excluding diaryl/α,β-unsaturated/α-hetero) is 1. The number of amides is 3. The standard InChI is InChI=1S/C29H22N4O6S/c34-25(30-19-10-11-23-24(12-19)39-17-38-23)13-32(14-26-31-21(16-40-26)18-6-2-1-3-7-18)27(35)15-33-22-9-5-4-8-20(22)28(36)29(33)37/h1-12,16H,13-15,17H2,(H,30,34). The van der Waals surface area contributed by atoms with Crippen LogP contribution in [0.4, 0.5) is 11.4 Å². The summed E-state index contributed by atoms with van der Waals surface area (Å²) in [5.41, 5.74) is 2.79. The van der Waals surface area contributed by atoms with Crippen LogP contribution in [0, 0.1) is 0 Å². The fourth-order valence-corrected chi connectivity index (χ4v) is 5.33. The van der Waals surface area contributed by atoms with Gasteiger partial charge in [0.05, 0.1) is 23.5 Å². The van der Waals surface area contributed by atoms with E-state index < -0.39 is 30.0 Å². The van der Waals surface area contributed by atoms with E-state index in [1.54, 1.807) is 42.5 Å². The van der Waals surface area contributed by atoms with Gasteiger partial charge in [-0.05, 0) is 24.3 Å². The van der Waals surface area contributed by atoms with Crippen LogP contribution in [0.15, 0.2) is 78.2 Å². The van der Waals surface area contributed by atoms with Gasteiger partial charge in [-0.25, -0.2) is 4.98 Å². The Morgan fingerprint density at radius 1 is 0.975 bits per heavy atom. The fraction of sp³-hybridized carbons (Fsp3) is 0.138. The minimum absolute atomic E-state index is 0.0442. The number of para-hydroxylation sites is 1. The van der Waals surface area contributed by atoms with E-state index in [-0.39, 0.29) is 25.4 Å². The minimum Gasteiger partial charge on any atom is -0.454 e. The molecule has 2 aliphatic heterocycles. The summed E-state index contributed by atoms with van der Waals surface area (Å²) in [6.45, 7) is -0.544. The minimum atomic E-state index is -0.778. The fourth-order valence-electron chi connectivity index (χ4n) is 4.51. The van der Waals surface area contributed by atoms with Crippen molar-refractivity contribution in [3.8, 4) is 22.8 Å². The third kappa shape index (κ3) is 5.02. The van der Waals surface area contributed by atoms with Crippen molar-refractivity contribution in [1.82, 2.24) is 9.88 Å². The Labute approximate surface area is 232 Å². The lowest BCUT2D eigenvalue weighted by Crippen LogP contribution is -2.45. The van der Waals surface area contributed by atoms with Crippen LogP contribution in [0.3, 0.4) is 0 Å². The van der Waals surface area contributed by atoms with Crippen LogP contribution >= 0.6 is 11.3 Å². The highest BCUT2D eigenvalue weighted by atomic mass is 32.1. The summed E-state index contributed by atoms with van der Waals surface area (Å²) in [7, 11) is 0. The molecule has 40 heavy (non-hydrogen) atoms. The molecule has 2 aliphatic rings. The monoisotopic (exact) mass is 554 g/mol. The molecule has 0 bridgehead atoms. The lowest BCUT2D eigenvalue weighted by molar-refractivity contribution is -0.134. The van der Waals surface area contributed by atoms with E-state index in [0.29, 0.717) is 27.9 Å². The van der Waals surface area contributed by atoms with Crippen LogP contribution in [0.25, 0.3) is 11.3 Å². The maximum Gasteiger partial charge on any atom is 0.299 e. The van der Waals surface area contributed by atoms with Gasteiger partial charge in [-0.2, -0.15) is 0 Å². The van der Waals surface area contributed by atoms with Crippen molar-refractivity contribution in [3.05, 3.63) is 88.7 Å². The zero-order valence-corrected chi connectivity index (χ0v) is 21.8. The topological polar surface area (TPSA) is 118 Å². The summed E-state index contributed by atoms with van der Waals surface area (Å²) in [4.78, 5) is 58.9. The molecule has 0 atom stereocenters. The molecule has 11 heteroatoms. The van der Waals surface area contributed by atoms with E-state index in [0.717, 1.165) is 16.2 Å². The molecular formula is C29H22N4O6S. The van der Waals surface area contributed by atoms with Gasteiger partial charge in [0.2, 0.25) is 18.6 Å². The maximum atomic E-state index is 13.6. The number of hydrogen-bond donors (Lipinski definition) is 1. The first-order valence-electron chi connectivity index (χ1n) is 12.4. The van der Waals surface area contributed by atoms with Gasteiger partial charge in [0.15, 0.2) is 11.5 Å². The van der Waals surface area contributed by atoms with Gasteiger partial charge < -0.3 is 19.7 Å². The number of fused-ring (bicyclic) bond motifs is 2. The first-order valence-corrected chi connectivity index (χ1v) is 13.3. The summed E-state index contributed by atoms with van der Waals surface area (Å²) in [6, 6.07) is 21.2. The van der Waals surface area contributed by atoms with Crippen LogP contribution < -0.4 is 19.7 Å². The zero-order valence-electron chi connectivity index (χ0n) is 21.0. The lowest BCUT2D eigenvalue weighted by atomic mass is 10.1. The quantitative estimate of drug-likeness (QED) is 0.330. The van der Waals surface area contributed by atoms with Crippen molar-refractivity contribution in [3.63, 3.8) is 0 Å². The molecule has 0 radical (unpaired) electrons. The highest BCUT2D eigenvalue weighted by Gasteiger charge is 2.37. The highest BCUT2D eigenvalue weighted by molar-refractivity contribution is 7.09. The van der Waals surface area contributed by atoms with E-state index >= 15 is 0 Å². The van der Waals surface area contributed by atoms with Crippen LogP contribution in [0.2, 0.25) is 0 Å². The molecule has 0 spiro atoms. The largest absolute Gasteiger partial charge is 0.454 e. The second-order valence-electron chi connectivity index (χ2n) is 9.10. The third-order valence-corrected chi connectivity index (χ3v) is 7.30. The first kappa shape index (κ1) is 25.3. The summed E-state index contributed by atoms with van der Waals surface area (Å²) in [6.07, 6.45) is 0. The van der Waals surface area contributed by atoms with Gasteiger partial charge in [-0.1, -0.05) is 42.5 Å². The molecule has 6 rings (SSSR count). The van der Waals surface area contributed by atoms with Crippen molar-refractivity contribution in [2.45, 2.75) is 6.54 Å². The molecule has 1 N–H and O–H groups in total. The predicted molar refractivity (Wildman–Crippen MR) is 147 cm³/mol. The maximum absolute atomic E-state index is 13.6. The normalized spacial score (nSPS) is 13.3. The second kappa shape index (κ2) is 10.6. The van der Waals surface area contributed by atoms with Crippen molar-refractivity contribution >= 4 is 46.2 Å². The van der Waals surface area contributed by atoms with Crippen molar-refractivity contribution in [1.29, 1.82) is 0 Å². The number of ether oxygens (including phenoxy) is 2. The lowest BCUT2D eigenvalue weighted by Gasteiger charge is -2.24. The molecule has 3 amide bonds. The average molecular weight is 555 g/mol. The predicted octanol–water partition coefficient (Wildman–Crippen LogP) is 3.74. The van der Waals surface area contributed by atoms with Gasteiger partial charge in [-0.3, -0.25) is 24.1 Å². The number of rotatable bonds is 8. The van der Waals surface area contributed by atoms with Gasteiger partial charge >= 0.3 is 0 Å². The number of carbonyl (C=O) groups is 4. The average Bonchev–Trinajstić information content (AvgIpc) is 3.69. The molecule has 1 aromatic heterocycles. The smallest absolute Gasteiger partial charge is 0.299 e. The molecule has 10 nitrogen and oxygen atoms in total. The number of carbonyl (C=O) groups excluding carboxylic acids is 4. The van der Waals surface area contributed by atoms with Gasteiger partial charge in [0, 0.05) is 22.7 Å². The Kier molecular flexibility index (Phi) is 6.71. The van der Waals surface area contributed by atoms with E-state index in [4.69, 9.17) is 9.47 Å². The molecule has 0 saturated heterocycles. The summed E-state index contributed by atoms with van der Waals surface area (Å²) in [5.74, 6) is -1.30. The number of aromatic nitrogens is 1. The van der Waals surface area contributed by atoms with E-state index in [9.17, 15) is 19.2 Å². The van der Waals surface area contributed by atoms with E-state index in [1.165, 1.54) is 16.2 Å². The van der Waals surface area contributed by atoms with Crippen molar-refractivity contribution < 1.29 is 28.7 Å². The molecule has 0 aliphatic carbocycles. The second-order valence-corrected chi connectivity index (χ2v) is 10.0. The van der Waals surface area contributed by atoms with Gasteiger partial charge in [0.1, 0.15) is 18.1 Å². The van der Waals surface area contributed by atoms with Crippen LogP contribution in [-0.2, 0) is 20.9 Å². The highest BCUT2D eigenvalue weighted by Crippen LogP contribution is 2.34. The molecule has 4 aromatic rings. The number of thiazole rings is 1. The molecule has 3 aromatic carbocycles. The molecule has 0 unspecified atom stereocenters. The third-order valence-electron chi connectivity index (χ3n) is 6.46. The first-order chi connectivity index (χ1) is 19.5. The summed E-state index contributed by atoms with van der Waals surface area (Å²) >= 11 is 1.37. The Bertz CT molecular complexity index is 1640. The number of anilines is 2. The molecule has 0 fully saturated rings. The number of nitrogens with zero attached hydrogens (tertiary/aromatic N) is 3. The van der Waals surface area contributed by atoms with Crippen LogP contribution in [-0.4, -0.2) is 53.3 Å². The molecule has 3 heterocycles. The Balaban J connectivity index is 1.22. The Morgan fingerprint density at radius 3 is 2.60 bits per heavy atom. The van der Waals surface area contributed by atoms with Gasteiger partial charge in [0.25, 0.3) is 11.7 Å².